The van der Waals surface area contributed by atoms with Crippen molar-refractivity contribution in [2.75, 3.05) is 13.2 Å². The van der Waals surface area contributed by atoms with Crippen LogP contribution in [0.1, 0.15) is 23.6 Å². The quantitative estimate of drug-likeness (QED) is 0.799. The number of nitrogens with zero attached hydrogens (tertiary/aromatic N) is 3. The SMILES string of the molecule is Cc1nc2n(n1)C[C@H](NC[C@@H](O)COCc1ccccc1)CC2. The van der Waals surface area contributed by atoms with E-state index >= 15 is 0 Å². The molecule has 0 saturated carbocycles. The highest BCUT2D eigenvalue weighted by Crippen LogP contribution is 2.12. The predicted molar refractivity (Wildman–Crippen MR) is 87.0 cm³/mol. The van der Waals surface area contributed by atoms with Gasteiger partial charge in [0.15, 0.2) is 0 Å². The third kappa shape index (κ3) is 4.60. The average molecular weight is 316 g/mol. The van der Waals surface area contributed by atoms with Crippen molar-refractivity contribution in [1.82, 2.24) is 20.1 Å². The van der Waals surface area contributed by atoms with Gasteiger partial charge in [-0.15, -0.1) is 0 Å². The van der Waals surface area contributed by atoms with Gasteiger partial charge in [-0.2, -0.15) is 5.10 Å². The van der Waals surface area contributed by atoms with Crippen molar-refractivity contribution in [3.05, 3.63) is 47.5 Å². The van der Waals surface area contributed by atoms with Crippen LogP contribution < -0.4 is 5.32 Å². The Morgan fingerprint density at radius 2 is 2.22 bits per heavy atom. The molecule has 2 heterocycles. The first kappa shape index (κ1) is 16.1. The van der Waals surface area contributed by atoms with Gasteiger partial charge >= 0.3 is 0 Å². The minimum absolute atomic E-state index is 0.326. The summed E-state index contributed by atoms with van der Waals surface area (Å²) in [6, 6.07) is 10.3. The maximum atomic E-state index is 10.0. The molecule has 3 rings (SSSR count). The summed E-state index contributed by atoms with van der Waals surface area (Å²) in [4.78, 5) is 4.40. The zero-order valence-electron chi connectivity index (χ0n) is 13.5. The summed E-state index contributed by atoms with van der Waals surface area (Å²) >= 11 is 0. The molecule has 124 valence electrons. The topological polar surface area (TPSA) is 72.2 Å². The second-order valence-electron chi connectivity index (χ2n) is 6.06. The molecular weight excluding hydrogens is 292 g/mol. The van der Waals surface area contributed by atoms with Gasteiger partial charge in [-0.25, -0.2) is 9.67 Å². The molecule has 2 N–H and O–H groups in total. The zero-order chi connectivity index (χ0) is 16.1. The molecule has 6 nitrogen and oxygen atoms in total. The fraction of sp³-hybridized carbons (Fsp3) is 0.529. The Morgan fingerprint density at radius 3 is 3.04 bits per heavy atom. The van der Waals surface area contributed by atoms with Crippen LogP contribution in [-0.2, 0) is 24.3 Å². The lowest BCUT2D eigenvalue weighted by Crippen LogP contribution is -2.42. The van der Waals surface area contributed by atoms with Gasteiger partial charge in [0.2, 0.25) is 0 Å². The summed E-state index contributed by atoms with van der Waals surface area (Å²) in [7, 11) is 0. The number of benzene rings is 1. The molecule has 1 aliphatic rings. The van der Waals surface area contributed by atoms with E-state index in [0.29, 0.717) is 25.8 Å². The lowest BCUT2D eigenvalue weighted by molar-refractivity contribution is 0.0269. The summed E-state index contributed by atoms with van der Waals surface area (Å²) in [5.74, 6) is 1.89. The number of rotatable bonds is 7. The minimum atomic E-state index is -0.502. The molecule has 0 aliphatic carbocycles. The number of ether oxygens (including phenoxy) is 1. The minimum Gasteiger partial charge on any atom is -0.389 e. The number of nitrogens with one attached hydrogen (secondary N) is 1. The number of aromatic nitrogens is 3. The average Bonchev–Trinajstić information content (AvgIpc) is 2.93. The van der Waals surface area contributed by atoms with Crippen molar-refractivity contribution in [3.63, 3.8) is 0 Å². The first-order valence-electron chi connectivity index (χ1n) is 8.14. The van der Waals surface area contributed by atoms with Crippen LogP contribution in [0.5, 0.6) is 0 Å². The van der Waals surface area contributed by atoms with Crippen LogP contribution in [0.25, 0.3) is 0 Å². The van der Waals surface area contributed by atoms with Crippen LogP contribution in [0.2, 0.25) is 0 Å². The molecule has 0 amide bonds. The molecule has 2 aromatic rings. The number of fused-ring (bicyclic) bond motifs is 1. The van der Waals surface area contributed by atoms with Crippen LogP contribution in [0.3, 0.4) is 0 Å². The van der Waals surface area contributed by atoms with Gasteiger partial charge < -0.3 is 15.2 Å². The monoisotopic (exact) mass is 316 g/mol. The summed E-state index contributed by atoms with van der Waals surface area (Å²) in [5.41, 5.74) is 1.12. The summed E-state index contributed by atoms with van der Waals surface area (Å²) in [5, 5.41) is 17.8. The molecule has 1 aliphatic heterocycles. The molecule has 0 bridgehead atoms. The molecule has 23 heavy (non-hydrogen) atoms. The maximum absolute atomic E-state index is 10.0. The van der Waals surface area contributed by atoms with E-state index in [1.807, 2.05) is 41.9 Å². The van der Waals surface area contributed by atoms with E-state index in [4.69, 9.17) is 4.74 Å². The number of aliphatic hydroxyl groups is 1. The van der Waals surface area contributed by atoms with Gasteiger partial charge in [0.05, 0.1) is 25.9 Å². The van der Waals surface area contributed by atoms with Crippen molar-refractivity contribution >= 4 is 0 Å². The van der Waals surface area contributed by atoms with Gasteiger partial charge in [-0.05, 0) is 18.9 Å². The molecular formula is C17H24N4O2. The fourth-order valence-electron chi connectivity index (χ4n) is 2.85. The van der Waals surface area contributed by atoms with E-state index in [0.717, 1.165) is 36.6 Å². The highest BCUT2D eigenvalue weighted by atomic mass is 16.5. The normalized spacial score (nSPS) is 18.6. The summed E-state index contributed by atoms with van der Waals surface area (Å²) in [6.45, 7) is 4.13. The smallest absolute Gasteiger partial charge is 0.147 e. The Balaban J connectivity index is 1.35. The fourth-order valence-corrected chi connectivity index (χ4v) is 2.85. The van der Waals surface area contributed by atoms with Crippen LogP contribution >= 0.6 is 0 Å². The number of hydrogen-bond donors (Lipinski definition) is 2. The largest absolute Gasteiger partial charge is 0.389 e. The Labute approximate surface area is 136 Å². The van der Waals surface area contributed by atoms with Gasteiger partial charge in [0, 0.05) is 19.0 Å². The highest BCUT2D eigenvalue weighted by Gasteiger charge is 2.21. The Hall–Kier alpha value is -1.76. The third-order valence-electron chi connectivity index (χ3n) is 4.03. The van der Waals surface area contributed by atoms with Crippen molar-refractivity contribution in [2.45, 2.75) is 45.1 Å². The Kier molecular flexibility index (Phi) is 5.38. The number of aliphatic hydroxyl groups excluding tert-OH is 1. The lowest BCUT2D eigenvalue weighted by Gasteiger charge is -2.24. The van der Waals surface area contributed by atoms with E-state index in [9.17, 15) is 5.11 Å². The Bertz CT molecular complexity index is 614. The van der Waals surface area contributed by atoms with Gasteiger partial charge in [-0.1, -0.05) is 30.3 Å². The lowest BCUT2D eigenvalue weighted by atomic mass is 10.1. The standard InChI is InChI=1S/C17H24N4O2/c1-13-19-17-8-7-15(10-21(17)20-13)18-9-16(22)12-23-11-14-5-3-2-4-6-14/h2-6,15-16,18,22H,7-12H2,1H3/t15-,16-/m1/s1. The first-order valence-corrected chi connectivity index (χ1v) is 8.14. The van der Waals surface area contributed by atoms with Crippen molar-refractivity contribution in [3.8, 4) is 0 Å². The predicted octanol–water partition coefficient (Wildman–Crippen LogP) is 1.07. The van der Waals surface area contributed by atoms with Crippen LogP contribution in [0, 0.1) is 6.92 Å². The van der Waals surface area contributed by atoms with Gasteiger partial charge in [0.25, 0.3) is 0 Å². The van der Waals surface area contributed by atoms with E-state index < -0.39 is 6.10 Å². The summed E-state index contributed by atoms with van der Waals surface area (Å²) in [6.07, 6.45) is 1.45. The second-order valence-corrected chi connectivity index (χ2v) is 6.06. The number of aryl methyl sites for hydroxylation is 2. The summed E-state index contributed by atoms with van der Waals surface area (Å²) < 4.78 is 7.53. The van der Waals surface area contributed by atoms with E-state index in [2.05, 4.69) is 15.4 Å². The molecule has 2 atom stereocenters. The maximum Gasteiger partial charge on any atom is 0.147 e. The molecule has 0 saturated heterocycles. The molecule has 0 unspecified atom stereocenters. The molecule has 0 radical (unpaired) electrons. The Morgan fingerprint density at radius 1 is 1.39 bits per heavy atom. The van der Waals surface area contributed by atoms with E-state index in [-0.39, 0.29) is 0 Å². The van der Waals surface area contributed by atoms with E-state index in [1.165, 1.54) is 0 Å². The van der Waals surface area contributed by atoms with Gasteiger partial charge in [-0.3, -0.25) is 0 Å². The van der Waals surface area contributed by atoms with Crippen LogP contribution in [0.15, 0.2) is 30.3 Å². The molecule has 1 aromatic heterocycles. The number of hydrogen-bond acceptors (Lipinski definition) is 5. The van der Waals surface area contributed by atoms with Crippen LogP contribution in [0.4, 0.5) is 0 Å². The second kappa shape index (κ2) is 7.68. The molecule has 6 heteroatoms. The first-order chi connectivity index (χ1) is 11.2. The molecule has 1 aromatic carbocycles. The molecule has 0 spiro atoms. The van der Waals surface area contributed by atoms with Crippen molar-refractivity contribution < 1.29 is 9.84 Å². The van der Waals surface area contributed by atoms with E-state index in [1.54, 1.807) is 0 Å². The zero-order valence-corrected chi connectivity index (χ0v) is 13.5. The molecule has 0 fully saturated rings. The van der Waals surface area contributed by atoms with Gasteiger partial charge in [0.1, 0.15) is 11.6 Å². The van der Waals surface area contributed by atoms with Crippen molar-refractivity contribution in [2.24, 2.45) is 0 Å². The van der Waals surface area contributed by atoms with Crippen LogP contribution in [-0.4, -0.2) is 45.2 Å². The third-order valence-corrected chi connectivity index (χ3v) is 4.03. The van der Waals surface area contributed by atoms with Crippen molar-refractivity contribution in [1.29, 1.82) is 0 Å². The highest BCUT2D eigenvalue weighted by molar-refractivity contribution is 5.13.